The molecule has 0 aliphatic carbocycles. The highest BCUT2D eigenvalue weighted by Crippen LogP contribution is 2.38. The molecule has 0 heterocycles. The molecule has 202 valence electrons. The van der Waals surface area contributed by atoms with Gasteiger partial charge in [-0.15, -0.1) is 0 Å². The third kappa shape index (κ3) is 7.80. The Morgan fingerprint density at radius 1 is 0.975 bits per heavy atom. The summed E-state index contributed by atoms with van der Waals surface area (Å²) in [6.45, 7) is 0.619. The minimum atomic E-state index is -0.551. The Bertz CT molecular complexity index is 1570. The van der Waals surface area contributed by atoms with Crippen LogP contribution >= 0.6 is 39.1 Å². The number of nitrogens with one attached hydrogen (secondary N) is 1. The molecule has 1 amide bonds. The summed E-state index contributed by atoms with van der Waals surface area (Å²) in [5.74, 6) is 1.00. The molecule has 6 nitrogen and oxygen atoms in total. The van der Waals surface area contributed by atoms with Crippen LogP contribution in [-0.4, -0.2) is 13.0 Å². The van der Waals surface area contributed by atoms with E-state index in [0.29, 0.717) is 56.2 Å². The maximum atomic E-state index is 12.8. The van der Waals surface area contributed by atoms with E-state index < -0.39 is 5.91 Å². The minimum absolute atomic E-state index is 0.0807. The van der Waals surface area contributed by atoms with Gasteiger partial charge in [-0.1, -0.05) is 53.5 Å². The highest BCUT2D eigenvalue weighted by molar-refractivity contribution is 9.10. The normalized spacial score (nSPS) is 10.9. The van der Waals surface area contributed by atoms with Crippen LogP contribution in [0.15, 0.2) is 95.0 Å². The first-order chi connectivity index (χ1) is 19.4. The van der Waals surface area contributed by atoms with Crippen LogP contribution in [0, 0.1) is 11.3 Å². The zero-order valence-electron chi connectivity index (χ0n) is 21.3. The quantitative estimate of drug-likeness (QED) is 0.139. The average molecular weight is 638 g/mol. The van der Waals surface area contributed by atoms with Crippen LogP contribution in [0.4, 0.5) is 5.69 Å². The van der Waals surface area contributed by atoms with E-state index in [0.717, 1.165) is 11.1 Å². The van der Waals surface area contributed by atoms with Gasteiger partial charge in [0.25, 0.3) is 5.91 Å². The predicted octanol–water partition coefficient (Wildman–Crippen LogP) is 8.47. The second-order valence-corrected chi connectivity index (χ2v) is 10.2. The number of nitrogens with zero attached hydrogens (tertiary/aromatic N) is 1. The molecule has 0 spiro atoms. The number of ether oxygens (including phenoxy) is 3. The number of rotatable bonds is 10. The van der Waals surface area contributed by atoms with E-state index in [-0.39, 0.29) is 5.57 Å². The number of hydrogen-bond acceptors (Lipinski definition) is 5. The van der Waals surface area contributed by atoms with Gasteiger partial charge in [-0.2, -0.15) is 5.26 Å². The monoisotopic (exact) mass is 636 g/mol. The van der Waals surface area contributed by atoms with E-state index in [2.05, 4.69) is 21.2 Å². The molecule has 0 aliphatic rings. The first-order valence-corrected chi connectivity index (χ1v) is 13.6. The van der Waals surface area contributed by atoms with Gasteiger partial charge in [0.1, 0.15) is 30.6 Å². The number of carbonyl (C=O) groups is 1. The van der Waals surface area contributed by atoms with Crippen molar-refractivity contribution in [1.82, 2.24) is 0 Å². The van der Waals surface area contributed by atoms with Crippen molar-refractivity contribution in [2.45, 2.75) is 13.2 Å². The first-order valence-electron chi connectivity index (χ1n) is 12.0. The van der Waals surface area contributed by atoms with Gasteiger partial charge in [-0.05, 0) is 87.7 Å². The molecule has 0 aromatic heterocycles. The summed E-state index contributed by atoms with van der Waals surface area (Å²) in [6.07, 6.45) is 1.48. The highest BCUT2D eigenvalue weighted by atomic mass is 79.9. The topological polar surface area (TPSA) is 80.6 Å². The molecule has 0 unspecified atom stereocenters. The molecule has 40 heavy (non-hydrogen) atoms. The number of nitriles is 1. The maximum Gasteiger partial charge on any atom is 0.266 e. The van der Waals surface area contributed by atoms with Crippen LogP contribution in [0.2, 0.25) is 10.0 Å². The molecular formula is C31H23BrCl2N2O4. The molecule has 4 rings (SSSR count). The van der Waals surface area contributed by atoms with Crippen molar-refractivity contribution in [3.8, 4) is 23.3 Å². The maximum absolute atomic E-state index is 12.8. The number of anilines is 1. The van der Waals surface area contributed by atoms with Crippen LogP contribution < -0.4 is 19.5 Å². The van der Waals surface area contributed by atoms with Crippen molar-refractivity contribution in [3.63, 3.8) is 0 Å². The Morgan fingerprint density at radius 3 is 2.38 bits per heavy atom. The van der Waals surface area contributed by atoms with E-state index in [1.165, 1.54) is 13.2 Å². The second-order valence-electron chi connectivity index (χ2n) is 8.48. The Kier molecular flexibility index (Phi) is 10.1. The average Bonchev–Trinajstić information content (AvgIpc) is 2.96. The van der Waals surface area contributed by atoms with E-state index in [1.807, 2.05) is 36.4 Å². The molecule has 0 atom stereocenters. The van der Waals surface area contributed by atoms with Crippen LogP contribution in [-0.2, 0) is 18.0 Å². The van der Waals surface area contributed by atoms with Crippen LogP contribution in [0.5, 0.6) is 17.2 Å². The Labute approximate surface area is 250 Å². The molecule has 0 fully saturated rings. The van der Waals surface area contributed by atoms with Crippen molar-refractivity contribution < 1.29 is 19.0 Å². The summed E-state index contributed by atoms with van der Waals surface area (Å²) >= 11 is 15.6. The highest BCUT2D eigenvalue weighted by Gasteiger charge is 2.15. The van der Waals surface area contributed by atoms with Gasteiger partial charge in [0.05, 0.1) is 11.6 Å². The smallest absolute Gasteiger partial charge is 0.266 e. The molecule has 0 aliphatic heterocycles. The lowest BCUT2D eigenvalue weighted by atomic mass is 10.1. The lowest BCUT2D eigenvalue weighted by molar-refractivity contribution is -0.112. The lowest BCUT2D eigenvalue weighted by Gasteiger charge is -2.14. The van der Waals surface area contributed by atoms with Gasteiger partial charge in [0, 0.05) is 21.3 Å². The molecule has 9 heteroatoms. The van der Waals surface area contributed by atoms with E-state index in [1.54, 1.807) is 54.6 Å². The van der Waals surface area contributed by atoms with Crippen molar-refractivity contribution in [2.24, 2.45) is 0 Å². The number of hydrogen-bond donors (Lipinski definition) is 1. The van der Waals surface area contributed by atoms with Gasteiger partial charge in [0.15, 0.2) is 11.5 Å². The van der Waals surface area contributed by atoms with Gasteiger partial charge >= 0.3 is 0 Å². The molecule has 0 saturated heterocycles. The molecule has 0 bridgehead atoms. The lowest BCUT2D eigenvalue weighted by Crippen LogP contribution is -2.13. The fourth-order valence-corrected chi connectivity index (χ4v) is 4.51. The fourth-order valence-electron chi connectivity index (χ4n) is 3.62. The molecule has 0 radical (unpaired) electrons. The number of halogens is 3. The number of benzene rings is 4. The number of carbonyl (C=O) groups excluding carboxylic acids is 1. The molecule has 4 aromatic rings. The molecule has 0 saturated carbocycles. The first kappa shape index (κ1) is 29.0. The summed E-state index contributed by atoms with van der Waals surface area (Å²) in [5.41, 5.74) is 2.82. The SMILES string of the molecule is COc1cc(/C=C(\C#N)C(=O)Nc2ccc(OCc3ccccc3Cl)cc2)cc(Br)c1OCc1ccc(Cl)cc1. The zero-order chi connectivity index (χ0) is 28.5. The van der Waals surface area contributed by atoms with Crippen LogP contribution in [0.1, 0.15) is 16.7 Å². The standard InChI is InChI=1S/C31H23BrCl2N2O4/c1-38-29-16-21(15-27(32)30(29)40-18-20-6-8-24(33)9-7-20)14-23(17-35)31(37)36-25-10-12-26(13-11-25)39-19-22-4-2-3-5-28(22)34/h2-16H,18-19H2,1H3,(H,36,37)/b23-14+. The molecule has 1 N–H and O–H groups in total. The summed E-state index contributed by atoms with van der Waals surface area (Å²) in [5, 5.41) is 13.7. The van der Waals surface area contributed by atoms with Crippen molar-refractivity contribution >= 4 is 56.8 Å². The van der Waals surface area contributed by atoms with Crippen LogP contribution in [0.25, 0.3) is 6.08 Å². The zero-order valence-corrected chi connectivity index (χ0v) is 24.4. The Hall–Kier alpha value is -3.96. The van der Waals surface area contributed by atoms with Crippen molar-refractivity contribution in [1.29, 1.82) is 5.26 Å². The number of methoxy groups -OCH3 is 1. The third-order valence-corrected chi connectivity index (χ3v) is 6.90. The van der Waals surface area contributed by atoms with Gasteiger partial charge in [-0.25, -0.2) is 0 Å². The Balaban J connectivity index is 1.42. The van der Waals surface area contributed by atoms with Gasteiger partial charge < -0.3 is 19.5 Å². The molecular weight excluding hydrogens is 615 g/mol. The summed E-state index contributed by atoms with van der Waals surface area (Å²) in [6, 6.07) is 27.0. The second kappa shape index (κ2) is 13.9. The number of amides is 1. The fraction of sp³-hybridized carbons (Fsp3) is 0.0968. The van der Waals surface area contributed by atoms with E-state index in [9.17, 15) is 10.1 Å². The van der Waals surface area contributed by atoms with E-state index >= 15 is 0 Å². The van der Waals surface area contributed by atoms with Gasteiger partial charge in [-0.3, -0.25) is 4.79 Å². The van der Waals surface area contributed by atoms with Crippen LogP contribution in [0.3, 0.4) is 0 Å². The predicted molar refractivity (Wildman–Crippen MR) is 161 cm³/mol. The summed E-state index contributed by atoms with van der Waals surface area (Å²) < 4.78 is 17.8. The van der Waals surface area contributed by atoms with Gasteiger partial charge in [0.2, 0.25) is 0 Å². The Morgan fingerprint density at radius 2 is 1.70 bits per heavy atom. The largest absolute Gasteiger partial charge is 0.493 e. The third-order valence-electron chi connectivity index (χ3n) is 5.69. The van der Waals surface area contributed by atoms with E-state index in [4.69, 9.17) is 37.4 Å². The van der Waals surface area contributed by atoms with Crippen molar-refractivity contribution in [3.05, 3.63) is 122 Å². The van der Waals surface area contributed by atoms with Crippen molar-refractivity contribution in [2.75, 3.05) is 12.4 Å². The summed E-state index contributed by atoms with van der Waals surface area (Å²) in [4.78, 5) is 12.8. The summed E-state index contributed by atoms with van der Waals surface area (Å²) in [7, 11) is 1.52. The molecule has 4 aromatic carbocycles. The minimum Gasteiger partial charge on any atom is -0.493 e.